The third-order valence-electron chi connectivity index (χ3n) is 4.90. The van der Waals surface area contributed by atoms with E-state index in [1.165, 1.54) is 0 Å². The number of ether oxygens (including phenoxy) is 1. The van der Waals surface area contributed by atoms with Crippen LogP contribution in [-0.4, -0.2) is 40.1 Å². The lowest BCUT2D eigenvalue weighted by atomic mass is 10.1. The van der Waals surface area contributed by atoms with Crippen molar-refractivity contribution in [3.63, 3.8) is 0 Å². The Balaban J connectivity index is 1.44. The van der Waals surface area contributed by atoms with Crippen LogP contribution in [0.25, 0.3) is 0 Å². The first kappa shape index (κ1) is 18.7. The second-order valence-corrected chi connectivity index (χ2v) is 6.88. The molecular weight excluding hydrogens is 368 g/mol. The number of aromatic nitrogens is 2. The average molecular weight is 390 g/mol. The van der Waals surface area contributed by atoms with Crippen molar-refractivity contribution in [2.45, 2.75) is 19.6 Å². The van der Waals surface area contributed by atoms with Crippen LogP contribution in [0, 0.1) is 0 Å². The van der Waals surface area contributed by atoms with E-state index in [-0.39, 0.29) is 17.5 Å². The smallest absolute Gasteiger partial charge is 0.272 e. The van der Waals surface area contributed by atoms with E-state index in [4.69, 9.17) is 4.74 Å². The molecule has 0 saturated carbocycles. The Morgan fingerprint density at radius 2 is 1.86 bits per heavy atom. The van der Waals surface area contributed by atoms with Crippen LogP contribution < -0.4 is 10.1 Å². The highest BCUT2D eigenvalue weighted by Crippen LogP contribution is 2.19. The highest BCUT2D eigenvalue weighted by molar-refractivity contribution is 5.98. The predicted octanol–water partition coefficient (Wildman–Crippen LogP) is 2.48. The number of hydrogen-bond acceptors (Lipinski definition) is 4. The minimum atomic E-state index is -0.289. The van der Waals surface area contributed by atoms with E-state index in [0.717, 1.165) is 16.9 Å². The Hall–Kier alpha value is -3.61. The second kappa shape index (κ2) is 8.18. The lowest BCUT2D eigenvalue weighted by Gasteiger charge is -2.27. The SMILES string of the molecule is COc1cccc(CN2CCn3nc(C(=O)NCc4ccccc4)cc3C2=O)c1. The van der Waals surface area contributed by atoms with Gasteiger partial charge in [0.2, 0.25) is 0 Å². The van der Waals surface area contributed by atoms with Crippen molar-refractivity contribution in [3.8, 4) is 5.75 Å². The number of methoxy groups -OCH3 is 1. The van der Waals surface area contributed by atoms with Gasteiger partial charge in [-0.3, -0.25) is 14.3 Å². The van der Waals surface area contributed by atoms with Crippen molar-refractivity contribution >= 4 is 11.8 Å². The molecule has 2 amide bonds. The lowest BCUT2D eigenvalue weighted by Crippen LogP contribution is -2.39. The van der Waals surface area contributed by atoms with Gasteiger partial charge in [0, 0.05) is 25.7 Å². The van der Waals surface area contributed by atoms with Gasteiger partial charge in [0.05, 0.1) is 13.7 Å². The van der Waals surface area contributed by atoms with E-state index in [9.17, 15) is 9.59 Å². The third-order valence-corrected chi connectivity index (χ3v) is 4.90. The molecule has 0 unspecified atom stereocenters. The molecule has 0 atom stereocenters. The first-order valence-electron chi connectivity index (χ1n) is 9.46. The van der Waals surface area contributed by atoms with E-state index in [1.807, 2.05) is 54.6 Å². The summed E-state index contributed by atoms with van der Waals surface area (Å²) in [5.41, 5.74) is 2.69. The molecule has 2 heterocycles. The Kier molecular flexibility index (Phi) is 5.29. The molecule has 4 rings (SSSR count). The molecule has 0 radical (unpaired) electrons. The first-order chi connectivity index (χ1) is 14.1. The van der Waals surface area contributed by atoms with Gasteiger partial charge in [-0.1, -0.05) is 42.5 Å². The minimum absolute atomic E-state index is 0.131. The summed E-state index contributed by atoms with van der Waals surface area (Å²) in [5, 5.41) is 7.17. The van der Waals surface area contributed by atoms with Crippen LogP contribution in [0.4, 0.5) is 0 Å². The predicted molar refractivity (Wildman–Crippen MR) is 108 cm³/mol. The molecule has 0 aliphatic carbocycles. The van der Waals surface area contributed by atoms with Crippen LogP contribution in [0.3, 0.4) is 0 Å². The fraction of sp³-hybridized carbons (Fsp3) is 0.227. The molecule has 0 fully saturated rings. The summed E-state index contributed by atoms with van der Waals surface area (Å²) >= 11 is 0. The zero-order chi connectivity index (χ0) is 20.2. The monoisotopic (exact) mass is 390 g/mol. The maximum absolute atomic E-state index is 12.9. The van der Waals surface area contributed by atoms with Gasteiger partial charge < -0.3 is 15.0 Å². The Morgan fingerprint density at radius 1 is 1.07 bits per heavy atom. The molecule has 1 aliphatic heterocycles. The molecule has 7 heteroatoms. The molecule has 0 saturated heterocycles. The molecule has 7 nitrogen and oxygen atoms in total. The minimum Gasteiger partial charge on any atom is -0.497 e. The molecule has 148 valence electrons. The van der Waals surface area contributed by atoms with Crippen molar-refractivity contribution in [1.29, 1.82) is 0 Å². The Morgan fingerprint density at radius 3 is 2.66 bits per heavy atom. The van der Waals surface area contributed by atoms with Crippen LogP contribution in [0.2, 0.25) is 0 Å². The summed E-state index contributed by atoms with van der Waals surface area (Å²) < 4.78 is 6.86. The number of hydrogen-bond donors (Lipinski definition) is 1. The summed E-state index contributed by atoms with van der Waals surface area (Å²) in [5.74, 6) is 0.339. The quantitative estimate of drug-likeness (QED) is 0.702. The lowest BCUT2D eigenvalue weighted by molar-refractivity contribution is 0.0683. The standard InChI is InChI=1S/C22H22N4O3/c1-29-18-9-5-8-17(12-18)15-25-10-11-26-20(22(25)28)13-19(24-26)21(27)23-14-16-6-3-2-4-7-16/h2-9,12-13H,10-11,14-15H2,1H3,(H,23,27). The molecule has 2 aromatic carbocycles. The number of carbonyl (C=O) groups is 2. The number of fused-ring (bicyclic) bond motifs is 1. The molecule has 0 bridgehead atoms. The van der Waals surface area contributed by atoms with E-state index in [1.54, 1.807) is 22.8 Å². The number of rotatable bonds is 6. The van der Waals surface area contributed by atoms with Crippen LogP contribution >= 0.6 is 0 Å². The van der Waals surface area contributed by atoms with Crippen molar-refractivity contribution in [1.82, 2.24) is 20.0 Å². The van der Waals surface area contributed by atoms with Gasteiger partial charge in [-0.25, -0.2) is 0 Å². The normalized spacial score (nSPS) is 13.1. The highest BCUT2D eigenvalue weighted by atomic mass is 16.5. The van der Waals surface area contributed by atoms with Gasteiger partial charge in [0.1, 0.15) is 11.4 Å². The number of nitrogens with one attached hydrogen (secondary N) is 1. The molecule has 0 spiro atoms. The van der Waals surface area contributed by atoms with Crippen LogP contribution in [0.5, 0.6) is 5.75 Å². The molecule has 1 N–H and O–H groups in total. The van der Waals surface area contributed by atoms with Gasteiger partial charge in [0.25, 0.3) is 11.8 Å². The van der Waals surface area contributed by atoms with Crippen molar-refractivity contribution < 1.29 is 14.3 Å². The Bertz CT molecular complexity index is 1030. The van der Waals surface area contributed by atoms with Crippen LogP contribution in [0.1, 0.15) is 32.1 Å². The Labute approximate surface area is 168 Å². The van der Waals surface area contributed by atoms with E-state index >= 15 is 0 Å². The number of nitrogens with zero attached hydrogens (tertiary/aromatic N) is 3. The average Bonchev–Trinajstić information content (AvgIpc) is 3.20. The summed E-state index contributed by atoms with van der Waals surface area (Å²) in [6, 6.07) is 18.9. The van der Waals surface area contributed by atoms with Gasteiger partial charge in [-0.2, -0.15) is 5.10 Å². The van der Waals surface area contributed by atoms with Crippen molar-refractivity contribution in [3.05, 3.63) is 83.2 Å². The van der Waals surface area contributed by atoms with E-state index in [0.29, 0.717) is 31.9 Å². The summed E-state index contributed by atoms with van der Waals surface area (Å²) in [4.78, 5) is 27.1. The van der Waals surface area contributed by atoms with Crippen LogP contribution in [0.15, 0.2) is 60.7 Å². The van der Waals surface area contributed by atoms with Gasteiger partial charge in [-0.15, -0.1) is 0 Å². The summed E-state index contributed by atoms with van der Waals surface area (Å²) in [6.07, 6.45) is 0. The second-order valence-electron chi connectivity index (χ2n) is 6.88. The summed E-state index contributed by atoms with van der Waals surface area (Å²) in [6.45, 7) is 1.99. The number of carbonyl (C=O) groups excluding carboxylic acids is 2. The molecule has 1 aliphatic rings. The molecule has 1 aromatic heterocycles. The maximum Gasteiger partial charge on any atom is 0.272 e. The third kappa shape index (κ3) is 4.13. The molecular formula is C22H22N4O3. The largest absolute Gasteiger partial charge is 0.497 e. The topological polar surface area (TPSA) is 76.5 Å². The highest BCUT2D eigenvalue weighted by Gasteiger charge is 2.28. The fourth-order valence-corrected chi connectivity index (χ4v) is 3.36. The number of benzene rings is 2. The maximum atomic E-state index is 12.9. The van der Waals surface area contributed by atoms with E-state index in [2.05, 4.69) is 10.4 Å². The van der Waals surface area contributed by atoms with E-state index < -0.39 is 0 Å². The molecule has 29 heavy (non-hydrogen) atoms. The van der Waals surface area contributed by atoms with Crippen molar-refractivity contribution in [2.24, 2.45) is 0 Å². The fourth-order valence-electron chi connectivity index (χ4n) is 3.36. The van der Waals surface area contributed by atoms with Crippen molar-refractivity contribution in [2.75, 3.05) is 13.7 Å². The first-order valence-corrected chi connectivity index (χ1v) is 9.46. The zero-order valence-corrected chi connectivity index (χ0v) is 16.2. The summed E-state index contributed by atoms with van der Waals surface area (Å²) in [7, 11) is 1.62. The van der Waals surface area contributed by atoms with Gasteiger partial charge >= 0.3 is 0 Å². The molecule has 3 aromatic rings. The van der Waals surface area contributed by atoms with Gasteiger partial charge in [-0.05, 0) is 23.3 Å². The number of amides is 2. The van der Waals surface area contributed by atoms with Gasteiger partial charge in [0.15, 0.2) is 5.69 Å². The zero-order valence-electron chi connectivity index (χ0n) is 16.2. The van der Waals surface area contributed by atoms with Crippen LogP contribution in [-0.2, 0) is 19.6 Å².